The van der Waals surface area contributed by atoms with Gasteiger partial charge >= 0.3 is 0 Å². The normalized spacial score (nSPS) is 11.0. The molecule has 0 saturated carbocycles. The van der Waals surface area contributed by atoms with Crippen molar-refractivity contribution in [3.05, 3.63) is 35.4 Å². The summed E-state index contributed by atoms with van der Waals surface area (Å²) >= 11 is 0. The first kappa shape index (κ1) is 11.9. The molecule has 1 rings (SSSR count). The van der Waals surface area contributed by atoms with Crippen LogP contribution in [0, 0.1) is 0 Å². The maximum Gasteiger partial charge on any atom is -0.00788 e. The predicted molar refractivity (Wildman–Crippen MR) is 70.1 cm³/mol. The second-order valence-corrected chi connectivity index (χ2v) is 4.83. The van der Waals surface area contributed by atoms with Gasteiger partial charge in [0.25, 0.3) is 0 Å². The summed E-state index contributed by atoms with van der Waals surface area (Å²) in [5.74, 6) is 2.21. The standard InChI is InChI=1S/C12H17P2/c1-2-3-4-11-5-7-12(8-6-11)9-10-14-13/h5-8,10,13H,2-4,9H2,1H3/q-1. The molecule has 0 saturated heterocycles. The molecule has 0 unspecified atom stereocenters. The third-order valence-electron chi connectivity index (χ3n) is 2.26. The quantitative estimate of drug-likeness (QED) is 0.650. The van der Waals surface area contributed by atoms with Crippen LogP contribution in [-0.4, -0.2) is 5.80 Å². The minimum absolute atomic E-state index is 1.05. The molecular weight excluding hydrogens is 206 g/mol. The second kappa shape index (κ2) is 7.16. The van der Waals surface area contributed by atoms with E-state index in [9.17, 15) is 0 Å². The van der Waals surface area contributed by atoms with E-state index in [4.69, 9.17) is 0 Å². The molecule has 0 radical (unpaired) electrons. The van der Waals surface area contributed by atoms with E-state index in [0.717, 1.165) is 6.42 Å². The van der Waals surface area contributed by atoms with Gasteiger partial charge in [-0.25, -0.2) is 0 Å². The summed E-state index contributed by atoms with van der Waals surface area (Å²) in [6.45, 7) is 2.23. The fourth-order valence-electron chi connectivity index (χ4n) is 1.37. The molecule has 2 heteroatoms. The van der Waals surface area contributed by atoms with Crippen molar-refractivity contribution in [1.82, 2.24) is 0 Å². The lowest BCUT2D eigenvalue weighted by Crippen LogP contribution is -1.87. The summed E-state index contributed by atoms with van der Waals surface area (Å²) in [4.78, 5) is 0. The fourth-order valence-corrected chi connectivity index (χ4v) is 1.95. The highest BCUT2D eigenvalue weighted by molar-refractivity contribution is 8.01. The Morgan fingerprint density at radius 3 is 2.43 bits per heavy atom. The van der Waals surface area contributed by atoms with Gasteiger partial charge < -0.3 is 16.8 Å². The van der Waals surface area contributed by atoms with Gasteiger partial charge in [0, 0.05) is 0 Å². The van der Waals surface area contributed by atoms with Gasteiger partial charge in [0.15, 0.2) is 0 Å². The van der Waals surface area contributed by atoms with Crippen LogP contribution in [0.4, 0.5) is 0 Å². The first-order valence-corrected chi connectivity index (χ1v) is 7.43. The lowest BCUT2D eigenvalue weighted by atomic mass is 10.1. The Kier molecular flexibility index (Phi) is 6.08. The topological polar surface area (TPSA) is 0 Å². The molecule has 0 bridgehead atoms. The molecule has 76 valence electrons. The average Bonchev–Trinajstić information content (AvgIpc) is 2.25. The first-order chi connectivity index (χ1) is 6.86. The molecule has 0 nitrogen and oxygen atoms in total. The first-order valence-electron chi connectivity index (χ1n) is 5.13. The lowest BCUT2D eigenvalue weighted by molar-refractivity contribution is 0.795. The second-order valence-electron chi connectivity index (χ2n) is 3.44. The van der Waals surface area contributed by atoms with Gasteiger partial charge in [0.2, 0.25) is 0 Å². The van der Waals surface area contributed by atoms with Crippen LogP contribution in [0.25, 0.3) is 0 Å². The molecule has 1 aromatic carbocycles. The van der Waals surface area contributed by atoms with Crippen LogP contribution in [0.15, 0.2) is 24.3 Å². The SMILES string of the molecule is CCCCc1ccc(CC=P[PH-])cc1. The van der Waals surface area contributed by atoms with Crippen molar-refractivity contribution in [2.75, 3.05) is 0 Å². The molecular formula is C12H17P2-. The number of rotatable bonds is 5. The molecule has 0 aromatic heterocycles. The van der Waals surface area contributed by atoms with Crippen LogP contribution in [-0.2, 0) is 12.8 Å². The molecule has 0 amide bonds. The molecule has 1 aromatic rings. The highest BCUT2D eigenvalue weighted by atomic mass is 32.0. The number of hydrogen-bond donors (Lipinski definition) is 0. The van der Waals surface area contributed by atoms with Gasteiger partial charge in [-0.2, -0.15) is 0 Å². The van der Waals surface area contributed by atoms with E-state index >= 15 is 0 Å². The summed E-state index contributed by atoms with van der Waals surface area (Å²) < 4.78 is 0. The third kappa shape index (κ3) is 4.36. The fraction of sp³-hybridized carbons (Fsp3) is 0.417. The zero-order chi connectivity index (χ0) is 10.2. The number of hydrogen-bond acceptors (Lipinski definition) is 0. The molecule has 0 aliphatic heterocycles. The number of aryl methyl sites for hydroxylation is 1. The molecule has 0 spiro atoms. The number of benzene rings is 1. The molecule has 0 atom stereocenters. The van der Waals surface area contributed by atoms with Crippen LogP contribution < -0.4 is 0 Å². The Labute approximate surface area is 91.0 Å². The van der Waals surface area contributed by atoms with Gasteiger partial charge in [-0.3, -0.25) is 0 Å². The highest BCUT2D eigenvalue weighted by Gasteiger charge is 1.92. The van der Waals surface area contributed by atoms with Gasteiger partial charge in [-0.05, 0) is 30.4 Å². The summed E-state index contributed by atoms with van der Waals surface area (Å²) in [6.07, 6.45) is 4.85. The molecule has 0 heterocycles. The predicted octanol–water partition coefficient (Wildman–Crippen LogP) is 4.38. The smallest absolute Gasteiger partial charge is 0.00788 e. The number of unbranched alkanes of at least 4 members (excludes halogenated alkanes) is 1. The van der Waals surface area contributed by atoms with E-state index in [1.165, 1.54) is 38.3 Å². The van der Waals surface area contributed by atoms with Crippen LogP contribution in [0.3, 0.4) is 0 Å². The van der Waals surface area contributed by atoms with Crippen molar-refractivity contribution < 1.29 is 0 Å². The van der Waals surface area contributed by atoms with Gasteiger partial charge in [0.05, 0.1) is 0 Å². The van der Waals surface area contributed by atoms with E-state index < -0.39 is 0 Å². The van der Waals surface area contributed by atoms with Crippen molar-refractivity contribution in [3.63, 3.8) is 0 Å². The van der Waals surface area contributed by atoms with E-state index in [2.05, 4.69) is 45.9 Å². The minimum atomic E-state index is 1.05. The highest BCUT2D eigenvalue weighted by Crippen LogP contribution is 2.10. The summed E-state index contributed by atoms with van der Waals surface area (Å²) in [5.41, 5.74) is 2.86. The van der Waals surface area contributed by atoms with Crippen LogP contribution in [0.1, 0.15) is 30.9 Å². The van der Waals surface area contributed by atoms with E-state index in [-0.39, 0.29) is 0 Å². The van der Waals surface area contributed by atoms with Crippen molar-refractivity contribution in [3.8, 4) is 0 Å². The van der Waals surface area contributed by atoms with Crippen LogP contribution in [0.5, 0.6) is 0 Å². The summed E-state index contributed by atoms with van der Waals surface area (Å²) in [5, 5.41) is 0. The van der Waals surface area contributed by atoms with Gasteiger partial charge in [-0.15, -0.1) is 0 Å². The van der Waals surface area contributed by atoms with E-state index in [1.807, 2.05) is 0 Å². The van der Waals surface area contributed by atoms with Crippen LogP contribution in [0.2, 0.25) is 0 Å². The Morgan fingerprint density at radius 2 is 1.86 bits per heavy atom. The van der Waals surface area contributed by atoms with Crippen molar-refractivity contribution in [2.45, 2.75) is 32.6 Å². The van der Waals surface area contributed by atoms with Crippen molar-refractivity contribution >= 4 is 22.6 Å². The molecule has 0 N–H and O–H groups in total. The van der Waals surface area contributed by atoms with Gasteiger partial charge in [0.1, 0.15) is 0 Å². The summed E-state index contributed by atoms with van der Waals surface area (Å²) in [6, 6.07) is 8.98. The maximum absolute atomic E-state index is 3.42. The average molecular weight is 223 g/mol. The molecule has 0 aliphatic rings. The lowest BCUT2D eigenvalue weighted by Gasteiger charge is -2.01. The summed E-state index contributed by atoms with van der Waals surface area (Å²) in [7, 11) is 4.60. The Morgan fingerprint density at radius 1 is 1.21 bits per heavy atom. The monoisotopic (exact) mass is 223 g/mol. The van der Waals surface area contributed by atoms with Crippen LogP contribution >= 0.6 is 16.8 Å². The van der Waals surface area contributed by atoms with Crippen molar-refractivity contribution in [2.24, 2.45) is 0 Å². The molecule has 14 heavy (non-hydrogen) atoms. The van der Waals surface area contributed by atoms with E-state index in [1.54, 1.807) is 0 Å². The third-order valence-corrected chi connectivity index (χ3v) is 3.17. The Bertz CT molecular complexity index is 275. The maximum atomic E-state index is 3.42. The minimum Gasteiger partial charge on any atom is -0.498 e. The molecule has 0 fully saturated rings. The van der Waals surface area contributed by atoms with E-state index in [0.29, 0.717) is 0 Å². The van der Waals surface area contributed by atoms with Crippen molar-refractivity contribution in [1.29, 1.82) is 0 Å². The Hall–Kier alpha value is -0.180. The Balaban J connectivity index is 2.50. The van der Waals surface area contributed by atoms with Gasteiger partial charge in [-0.1, -0.05) is 43.4 Å². The molecule has 0 aliphatic carbocycles. The zero-order valence-electron chi connectivity index (χ0n) is 8.66. The largest absolute Gasteiger partial charge is 0.498 e. The zero-order valence-corrected chi connectivity index (χ0v) is 10.6.